The first-order valence-electron chi connectivity index (χ1n) is 12.2. The van der Waals surface area contributed by atoms with Crippen LogP contribution in [0.4, 0.5) is 0 Å². The number of fused-ring (bicyclic) bond motifs is 1. The second-order valence-corrected chi connectivity index (χ2v) is 16.2. The van der Waals surface area contributed by atoms with Crippen LogP contribution in [0.3, 0.4) is 0 Å². The summed E-state index contributed by atoms with van der Waals surface area (Å²) >= 11 is 0. The maximum Gasteiger partial charge on any atom is 0.333 e. The van der Waals surface area contributed by atoms with Crippen LogP contribution in [-0.4, -0.2) is 27.0 Å². The lowest BCUT2D eigenvalue weighted by atomic mass is 9.58. The Morgan fingerprint density at radius 2 is 1.81 bits per heavy atom. The Hall–Kier alpha value is -1.13. The number of carbonyl (C=O) groups excluding carboxylic acids is 1. The monoisotopic (exact) mass is 446 g/mol. The molecule has 0 aromatic heterocycles. The predicted molar refractivity (Wildman–Crippen MR) is 133 cm³/mol. The van der Waals surface area contributed by atoms with Gasteiger partial charge in [-0.15, -0.1) is 0 Å². The summed E-state index contributed by atoms with van der Waals surface area (Å²) in [6, 6.07) is 0. The summed E-state index contributed by atoms with van der Waals surface area (Å²) in [6.07, 6.45) is 12.7. The van der Waals surface area contributed by atoms with Gasteiger partial charge in [-0.05, 0) is 73.9 Å². The second kappa shape index (κ2) is 10.2. The quantitative estimate of drug-likeness (QED) is 0.143. The molecule has 3 nitrogen and oxygen atoms in total. The molecule has 0 heterocycles. The van der Waals surface area contributed by atoms with Gasteiger partial charge in [0, 0.05) is 5.57 Å². The van der Waals surface area contributed by atoms with Crippen LogP contribution in [0.5, 0.6) is 0 Å². The molecular formula is C27H46O3Si. The van der Waals surface area contributed by atoms with Crippen molar-refractivity contribution in [3.8, 4) is 0 Å². The minimum Gasteiger partial charge on any atom is -0.463 e. The molecule has 7 atom stereocenters. The molecule has 176 valence electrons. The number of hydrogen-bond acceptors (Lipinski definition) is 3. The van der Waals surface area contributed by atoms with E-state index in [0.717, 1.165) is 0 Å². The molecule has 0 radical (unpaired) electrons. The highest BCUT2D eigenvalue weighted by molar-refractivity contribution is 6.74. The number of hydrogen-bond donors (Lipinski definition) is 0. The number of rotatable bonds is 6. The van der Waals surface area contributed by atoms with Crippen LogP contribution in [0.2, 0.25) is 18.1 Å². The highest BCUT2D eigenvalue weighted by atomic mass is 28.4. The lowest BCUT2D eigenvalue weighted by Crippen LogP contribution is -2.53. The van der Waals surface area contributed by atoms with E-state index >= 15 is 0 Å². The molecule has 0 aromatic rings. The molecule has 0 aromatic carbocycles. The topological polar surface area (TPSA) is 35.5 Å². The molecule has 2 aliphatic rings. The largest absolute Gasteiger partial charge is 0.463 e. The highest BCUT2D eigenvalue weighted by Gasteiger charge is 2.49. The number of carbonyl (C=O) groups is 1. The summed E-state index contributed by atoms with van der Waals surface area (Å²) in [7, 11) is -1.83. The molecule has 0 unspecified atom stereocenters. The molecule has 0 aliphatic heterocycles. The van der Waals surface area contributed by atoms with Gasteiger partial charge in [0.25, 0.3) is 0 Å². The van der Waals surface area contributed by atoms with Gasteiger partial charge in [0.2, 0.25) is 0 Å². The Bertz CT molecular complexity index is 712. The number of esters is 1. The molecule has 31 heavy (non-hydrogen) atoms. The van der Waals surface area contributed by atoms with E-state index in [-0.39, 0.29) is 11.0 Å². The Kier molecular flexibility index (Phi) is 8.60. The van der Waals surface area contributed by atoms with Gasteiger partial charge in [-0.1, -0.05) is 71.9 Å². The van der Waals surface area contributed by atoms with Crippen molar-refractivity contribution in [2.24, 2.45) is 35.5 Å². The second-order valence-electron chi connectivity index (χ2n) is 11.4. The molecular weight excluding hydrogens is 400 g/mol. The fourth-order valence-corrected chi connectivity index (χ4v) is 6.65. The predicted octanol–water partition coefficient (Wildman–Crippen LogP) is 7.17. The van der Waals surface area contributed by atoms with Gasteiger partial charge in [0.05, 0.1) is 12.7 Å². The first-order chi connectivity index (χ1) is 14.3. The summed E-state index contributed by atoms with van der Waals surface area (Å²) in [5.74, 6) is 2.94. The lowest BCUT2D eigenvalue weighted by molar-refractivity contribution is -0.138. The SMILES string of the molecule is CCOC(=O)/C(C)=C/C=C/[C@@H]1[C@H]2[C@H](C)[C@@H](O[Si](C)(C)C(C)(C)C)[C@H](C)C[C@H]2C=C[C@H]1C. The van der Waals surface area contributed by atoms with E-state index in [1.807, 2.05) is 19.9 Å². The first-order valence-corrected chi connectivity index (χ1v) is 15.1. The number of allylic oxidation sites excluding steroid dienone is 5. The molecule has 0 amide bonds. The van der Waals surface area contributed by atoms with Gasteiger partial charge in [0.15, 0.2) is 8.32 Å². The fraction of sp³-hybridized carbons (Fsp3) is 0.741. The zero-order chi connectivity index (χ0) is 23.6. The van der Waals surface area contributed by atoms with Crippen molar-refractivity contribution in [2.45, 2.75) is 86.0 Å². The Labute approximate surface area is 192 Å². The third-order valence-electron chi connectivity index (χ3n) is 8.05. The highest BCUT2D eigenvalue weighted by Crippen LogP contribution is 2.51. The van der Waals surface area contributed by atoms with Crippen molar-refractivity contribution < 1.29 is 14.0 Å². The standard InChI is InChI=1S/C27H46O3Si/c1-11-29-26(28)19(3)13-12-14-23-18(2)15-16-22-17-20(4)25(21(5)24(22)23)30-31(9,10)27(6,7)8/h12-16,18,20-25H,11,17H2,1-10H3/b14-12+,19-13+/t18-,20-,21+,22-,23+,24+,25+/m1/s1. The van der Waals surface area contributed by atoms with Crippen LogP contribution in [-0.2, 0) is 14.0 Å². The minimum atomic E-state index is -1.83. The van der Waals surface area contributed by atoms with E-state index in [9.17, 15) is 4.79 Å². The molecule has 1 fully saturated rings. The van der Waals surface area contributed by atoms with Crippen molar-refractivity contribution in [1.29, 1.82) is 0 Å². The summed E-state index contributed by atoms with van der Waals surface area (Å²) in [4.78, 5) is 11.9. The van der Waals surface area contributed by atoms with Gasteiger partial charge in [-0.3, -0.25) is 0 Å². The normalized spacial score (nSPS) is 34.6. The van der Waals surface area contributed by atoms with Crippen LogP contribution < -0.4 is 0 Å². The van der Waals surface area contributed by atoms with Crippen molar-refractivity contribution in [1.82, 2.24) is 0 Å². The van der Waals surface area contributed by atoms with E-state index in [1.54, 1.807) is 0 Å². The van der Waals surface area contributed by atoms with Gasteiger partial charge in [-0.25, -0.2) is 4.79 Å². The molecule has 2 rings (SSSR count). The smallest absolute Gasteiger partial charge is 0.333 e. The third-order valence-corrected chi connectivity index (χ3v) is 12.5. The van der Waals surface area contributed by atoms with Crippen LogP contribution in [0.25, 0.3) is 0 Å². The molecule has 2 aliphatic carbocycles. The van der Waals surface area contributed by atoms with Gasteiger partial charge < -0.3 is 9.16 Å². The Balaban J connectivity index is 2.26. The summed E-state index contributed by atoms with van der Waals surface area (Å²) in [5.41, 5.74) is 0.651. The molecule has 0 bridgehead atoms. The Morgan fingerprint density at radius 1 is 1.16 bits per heavy atom. The summed E-state index contributed by atoms with van der Waals surface area (Å²) < 4.78 is 12.1. The van der Waals surface area contributed by atoms with Crippen molar-refractivity contribution in [3.05, 3.63) is 36.0 Å². The van der Waals surface area contributed by atoms with E-state index < -0.39 is 8.32 Å². The maximum atomic E-state index is 11.9. The third kappa shape index (κ3) is 6.01. The van der Waals surface area contributed by atoms with Crippen molar-refractivity contribution >= 4 is 14.3 Å². The summed E-state index contributed by atoms with van der Waals surface area (Å²) in [6.45, 7) is 22.9. The van der Waals surface area contributed by atoms with E-state index in [2.05, 4.69) is 78.9 Å². The van der Waals surface area contributed by atoms with Crippen molar-refractivity contribution in [2.75, 3.05) is 6.61 Å². The van der Waals surface area contributed by atoms with Crippen molar-refractivity contribution in [3.63, 3.8) is 0 Å². The molecule has 0 spiro atoms. The zero-order valence-corrected chi connectivity index (χ0v) is 22.6. The van der Waals surface area contributed by atoms with Crippen LogP contribution in [0.1, 0.15) is 61.8 Å². The van der Waals surface area contributed by atoms with Gasteiger partial charge in [-0.2, -0.15) is 0 Å². The summed E-state index contributed by atoms with van der Waals surface area (Å²) in [5, 5.41) is 0.220. The van der Waals surface area contributed by atoms with E-state index in [1.165, 1.54) is 6.42 Å². The van der Waals surface area contributed by atoms with Gasteiger partial charge >= 0.3 is 5.97 Å². The maximum absolute atomic E-state index is 11.9. The van der Waals surface area contributed by atoms with E-state index in [4.69, 9.17) is 9.16 Å². The zero-order valence-electron chi connectivity index (χ0n) is 21.6. The average molecular weight is 447 g/mol. The van der Waals surface area contributed by atoms with Crippen LogP contribution in [0.15, 0.2) is 36.0 Å². The average Bonchev–Trinajstić information content (AvgIpc) is 2.66. The molecule has 1 saturated carbocycles. The lowest BCUT2D eigenvalue weighted by Gasteiger charge is -2.52. The first kappa shape index (κ1) is 26.1. The number of ether oxygens (including phenoxy) is 1. The van der Waals surface area contributed by atoms with Gasteiger partial charge in [0.1, 0.15) is 0 Å². The minimum absolute atomic E-state index is 0.220. The Morgan fingerprint density at radius 3 is 2.39 bits per heavy atom. The molecule has 0 saturated heterocycles. The van der Waals surface area contributed by atoms with Crippen LogP contribution >= 0.6 is 0 Å². The molecule has 0 N–H and O–H groups in total. The fourth-order valence-electron chi connectivity index (χ4n) is 5.17. The molecule has 4 heteroatoms. The van der Waals surface area contributed by atoms with E-state index in [0.29, 0.717) is 53.8 Å². The van der Waals surface area contributed by atoms with Crippen LogP contribution in [0, 0.1) is 35.5 Å².